The zero-order chi connectivity index (χ0) is 18.9. The molecule has 0 atom stereocenters. The molecule has 0 radical (unpaired) electrons. The fourth-order valence-electron chi connectivity index (χ4n) is 3.77. The minimum Gasteiger partial charge on any atom is -0.347 e. The number of likely N-dealkylation sites (N-methyl/N-ethyl adjacent to an activating group) is 1. The summed E-state index contributed by atoms with van der Waals surface area (Å²) in [6.45, 7) is 3.73. The summed E-state index contributed by atoms with van der Waals surface area (Å²) in [5.41, 5.74) is 0.858. The number of piperidine rings is 1. The molecule has 0 N–H and O–H groups in total. The van der Waals surface area contributed by atoms with Gasteiger partial charge in [0.25, 0.3) is 5.91 Å². The Morgan fingerprint density at radius 2 is 1.81 bits per heavy atom. The summed E-state index contributed by atoms with van der Waals surface area (Å²) in [4.78, 5) is 46.7. The van der Waals surface area contributed by atoms with Gasteiger partial charge in [-0.15, -0.1) is 0 Å². The van der Waals surface area contributed by atoms with Gasteiger partial charge >= 0.3 is 0 Å². The van der Waals surface area contributed by atoms with Crippen LogP contribution in [0.5, 0.6) is 0 Å². The molecule has 0 unspecified atom stereocenters. The minimum atomic E-state index is -0.413. The second-order valence-electron chi connectivity index (χ2n) is 7.50. The molecule has 140 valence electrons. The van der Waals surface area contributed by atoms with Gasteiger partial charge < -0.3 is 14.7 Å². The molecule has 1 aromatic rings. The van der Waals surface area contributed by atoms with Gasteiger partial charge in [-0.2, -0.15) is 0 Å². The van der Waals surface area contributed by atoms with Gasteiger partial charge in [-0.25, -0.2) is 4.98 Å². The van der Waals surface area contributed by atoms with E-state index in [0.29, 0.717) is 38.2 Å². The highest BCUT2D eigenvalue weighted by atomic mass is 16.2. The number of likely N-dealkylation sites (tertiary alicyclic amines) is 2. The standard InChI is InChI=1S/C19H26N4O3/c1-14-5-4-6-15(20-14)17(25)22-10-7-19(8-11-22)9-12-23(18(19)26)13-16(24)21(2)3/h4-6H,7-13H2,1-3H3. The number of amides is 3. The second-order valence-corrected chi connectivity index (χ2v) is 7.50. The van der Waals surface area contributed by atoms with Gasteiger partial charge in [-0.3, -0.25) is 14.4 Å². The van der Waals surface area contributed by atoms with Crippen LogP contribution in [-0.2, 0) is 9.59 Å². The molecule has 0 aliphatic carbocycles. The predicted octanol–water partition coefficient (Wildman–Crippen LogP) is 0.933. The van der Waals surface area contributed by atoms with Crippen LogP contribution >= 0.6 is 0 Å². The fourth-order valence-corrected chi connectivity index (χ4v) is 3.77. The molecule has 0 aromatic carbocycles. The third-order valence-corrected chi connectivity index (χ3v) is 5.54. The molecule has 0 bridgehead atoms. The molecule has 2 aliphatic heterocycles. The van der Waals surface area contributed by atoms with Gasteiger partial charge in [0.2, 0.25) is 11.8 Å². The highest BCUT2D eigenvalue weighted by Crippen LogP contribution is 2.41. The van der Waals surface area contributed by atoms with Crippen molar-refractivity contribution < 1.29 is 14.4 Å². The lowest BCUT2D eigenvalue weighted by Gasteiger charge is -2.37. The zero-order valence-corrected chi connectivity index (χ0v) is 15.7. The molecule has 3 rings (SSSR count). The Balaban J connectivity index is 1.62. The second kappa shape index (κ2) is 7.05. The Morgan fingerprint density at radius 3 is 2.42 bits per heavy atom. The number of hydrogen-bond donors (Lipinski definition) is 0. The van der Waals surface area contributed by atoms with Crippen LogP contribution in [0.15, 0.2) is 18.2 Å². The molecular weight excluding hydrogens is 332 g/mol. The first kappa shape index (κ1) is 18.4. The first-order chi connectivity index (χ1) is 12.3. The number of rotatable bonds is 3. The molecule has 26 heavy (non-hydrogen) atoms. The minimum absolute atomic E-state index is 0.0615. The van der Waals surface area contributed by atoms with Gasteiger partial charge in [0.1, 0.15) is 5.69 Å². The Morgan fingerprint density at radius 1 is 1.15 bits per heavy atom. The van der Waals surface area contributed by atoms with E-state index in [1.807, 2.05) is 19.1 Å². The van der Waals surface area contributed by atoms with E-state index < -0.39 is 5.41 Å². The van der Waals surface area contributed by atoms with Crippen LogP contribution in [0.25, 0.3) is 0 Å². The van der Waals surface area contributed by atoms with Crippen molar-refractivity contribution in [2.45, 2.75) is 26.2 Å². The van der Waals surface area contributed by atoms with E-state index in [0.717, 1.165) is 12.1 Å². The monoisotopic (exact) mass is 358 g/mol. The van der Waals surface area contributed by atoms with Crippen LogP contribution in [-0.4, -0.2) is 77.7 Å². The lowest BCUT2D eigenvalue weighted by atomic mass is 9.77. The van der Waals surface area contributed by atoms with Crippen LogP contribution < -0.4 is 0 Å². The average molecular weight is 358 g/mol. The first-order valence-electron chi connectivity index (χ1n) is 9.05. The summed E-state index contributed by atoms with van der Waals surface area (Å²) in [7, 11) is 3.39. The summed E-state index contributed by atoms with van der Waals surface area (Å²) < 4.78 is 0. The number of carbonyl (C=O) groups excluding carboxylic acids is 3. The normalized spacial score (nSPS) is 19.1. The molecule has 1 spiro atoms. The van der Waals surface area contributed by atoms with Crippen LogP contribution in [0.1, 0.15) is 35.4 Å². The molecule has 1 aromatic heterocycles. The summed E-state index contributed by atoms with van der Waals surface area (Å²) in [6, 6.07) is 5.43. The van der Waals surface area contributed by atoms with Crippen LogP contribution in [0.4, 0.5) is 0 Å². The van der Waals surface area contributed by atoms with Crippen LogP contribution in [0.3, 0.4) is 0 Å². The van der Waals surface area contributed by atoms with Gasteiger partial charge in [-0.1, -0.05) is 6.07 Å². The Kier molecular flexibility index (Phi) is 4.98. The molecular formula is C19H26N4O3. The predicted molar refractivity (Wildman–Crippen MR) is 96.4 cm³/mol. The van der Waals surface area contributed by atoms with E-state index in [1.165, 1.54) is 4.90 Å². The average Bonchev–Trinajstić information content (AvgIpc) is 2.91. The van der Waals surface area contributed by atoms with E-state index in [1.54, 1.807) is 30.0 Å². The molecule has 3 heterocycles. The molecule has 0 saturated carbocycles. The highest BCUT2D eigenvalue weighted by Gasteiger charge is 2.49. The fraction of sp³-hybridized carbons (Fsp3) is 0.579. The van der Waals surface area contributed by atoms with Crippen molar-refractivity contribution in [3.05, 3.63) is 29.6 Å². The molecule has 3 amide bonds. The summed E-state index contributed by atoms with van der Waals surface area (Å²) in [6.07, 6.45) is 2.06. The maximum Gasteiger partial charge on any atom is 0.272 e. The van der Waals surface area contributed by atoms with E-state index in [4.69, 9.17) is 0 Å². The van der Waals surface area contributed by atoms with Crippen molar-refractivity contribution in [1.29, 1.82) is 0 Å². The maximum absolute atomic E-state index is 12.9. The third kappa shape index (κ3) is 3.43. The van der Waals surface area contributed by atoms with Gasteiger partial charge in [-0.05, 0) is 38.3 Å². The number of hydrogen-bond acceptors (Lipinski definition) is 4. The molecule has 2 saturated heterocycles. The largest absolute Gasteiger partial charge is 0.347 e. The molecule has 7 nitrogen and oxygen atoms in total. The molecule has 2 fully saturated rings. The first-order valence-corrected chi connectivity index (χ1v) is 9.05. The maximum atomic E-state index is 12.9. The number of pyridine rings is 1. The smallest absolute Gasteiger partial charge is 0.272 e. The Hall–Kier alpha value is -2.44. The van der Waals surface area contributed by atoms with Crippen LogP contribution in [0, 0.1) is 12.3 Å². The van der Waals surface area contributed by atoms with Crippen molar-refractivity contribution in [3.8, 4) is 0 Å². The van der Waals surface area contributed by atoms with Gasteiger partial charge in [0.15, 0.2) is 0 Å². The number of carbonyl (C=O) groups is 3. The highest BCUT2D eigenvalue weighted by molar-refractivity contribution is 5.93. The Bertz CT molecular complexity index is 723. The van der Waals surface area contributed by atoms with Crippen molar-refractivity contribution in [3.63, 3.8) is 0 Å². The van der Waals surface area contributed by atoms with Crippen molar-refractivity contribution in [2.75, 3.05) is 40.3 Å². The van der Waals surface area contributed by atoms with Crippen molar-refractivity contribution in [2.24, 2.45) is 5.41 Å². The third-order valence-electron chi connectivity index (χ3n) is 5.54. The summed E-state index contributed by atoms with van der Waals surface area (Å²) >= 11 is 0. The lowest BCUT2D eigenvalue weighted by molar-refractivity contribution is -0.142. The number of aromatic nitrogens is 1. The molecule has 2 aliphatic rings. The summed E-state index contributed by atoms with van der Waals surface area (Å²) in [5, 5.41) is 0. The lowest BCUT2D eigenvalue weighted by Crippen LogP contribution is -2.47. The van der Waals surface area contributed by atoms with Gasteiger partial charge in [0.05, 0.1) is 12.0 Å². The molecule has 7 heteroatoms. The van der Waals surface area contributed by atoms with Crippen molar-refractivity contribution >= 4 is 17.7 Å². The topological polar surface area (TPSA) is 73.8 Å². The van der Waals surface area contributed by atoms with E-state index in [2.05, 4.69) is 4.98 Å². The number of nitrogens with zero attached hydrogens (tertiary/aromatic N) is 4. The Labute approximate surface area is 154 Å². The van der Waals surface area contributed by atoms with E-state index in [-0.39, 0.29) is 24.3 Å². The SMILES string of the molecule is Cc1cccc(C(=O)N2CCC3(CC2)CCN(CC(=O)N(C)C)C3=O)n1. The van der Waals surface area contributed by atoms with Crippen molar-refractivity contribution in [1.82, 2.24) is 19.7 Å². The van der Waals surface area contributed by atoms with E-state index >= 15 is 0 Å². The van der Waals surface area contributed by atoms with Gasteiger partial charge in [0, 0.05) is 39.4 Å². The quantitative estimate of drug-likeness (QED) is 0.806. The zero-order valence-electron chi connectivity index (χ0n) is 15.7. The van der Waals surface area contributed by atoms with Crippen LogP contribution in [0.2, 0.25) is 0 Å². The van der Waals surface area contributed by atoms with E-state index in [9.17, 15) is 14.4 Å². The summed E-state index contributed by atoms with van der Waals surface area (Å²) in [5.74, 6) is -0.0735. The number of aryl methyl sites for hydroxylation is 1.